The lowest BCUT2D eigenvalue weighted by atomic mass is 10.0. The molecule has 0 radical (unpaired) electrons. The average molecular weight is 333 g/mol. The van der Waals surface area contributed by atoms with Crippen LogP contribution in [0.2, 0.25) is 0 Å². The molecule has 1 aliphatic heterocycles. The van der Waals surface area contributed by atoms with E-state index in [4.69, 9.17) is 4.42 Å². The summed E-state index contributed by atoms with van der Waals surface area (Å²) in [6, 6.07) is 7.08. The Morgan fingerprint density at radius 2 is 2.22 bits per heavy atom. The number of hydrogen-bond donors (Lipinski definition) is 1. The number of likely N-dealkylation sites (tertiary alicyclic amines) is 1. The Bertz CT molecular complexity index is 689. The number of para-hydroxylation sites is 1. The minimum Gasteiger partial charge on any atom is -0.507 e. The number of aromatic nitrogens is 2. The Balaban J connectivity index is 1.61. The molecular weight excluding hydrogens is 314 g/mol. The number of rotatable bonds is 4. The monoisotopic (exact) mass is 333 g/mol. The predicted octanol–water partition coefficient (Wildman–Crippen LogP) is 2.94. The van der Waals surface area contributed by atoms with Crippen molar-refractivity contribution in [3.8, 4) is 17.2 Å². The molecule has 122 valence electrons. The Kier molecular flexibility index (Phi) is 4.85. The summed E-state index contributed by atoms with van der Waals surface area (Å²) in [4.78, 5) is 14.2. The van der Waals surface area contributed by atoms with Gasteiger partial charge in [-0.05, 0) is 38.3 Å². The Labute approximate surface area is 138 Å². The molecule has 0 spiro atoms. The van der Waals surface area contributed by atoms with E-state index in [-0.39, 0.29) is 23.3 Å². The van der Waals surface area contributed by atoms with Crippen molar-refractivity contribution in [3.05, 3.63) is 24.3 Å². The van der Waals surface area contributed by atoms with Crippen molar-refractivity contribution in [1.29, 1.82) is 0 Å². The maximum atomic E-state index is 12.3. The second-order valence-electron chi connectivity index (χ2n) is 5.61. The minimum absolute atomic E-state index is 0.0888. The molecule has 1 amide bonds. The molecule has 6 nitrogen and oxygen atoms in total. The molecule has 0 unspecified atom stereocenters. The number of piperidine rings is 1. The van der Waals surface area contributed by atoms with Crippen molar-refractivity contribution < 1.29 is 14.3 Å². The van der Waals surface area contributed by atoms with Gasteiger partial charge in [-0.2, -0.15) is 0 Å². The summed E-state index contributed by atoms with van der Waals surface area (Å²) in [5.41, 5.74) is 0.489. The molecule has 2 aromatic rings. The van der Waals surface area contributed by atoms with Crippen LogP contribution < -0.4 is 0 Å². The van der Waals surface area contributed by atoms with Crippen molar-refractivity contribution in [3.63, 3.8) is 0 Å². The number of aromatic hydroxyl groups is 1. The van der Waals surface area contributed by atoms with Crippen LogP contribution in [0.4, 0.5) is 0 Å². The Hall–Kier alpha value is -2.02. The van der Waals surface area contributed by atoms with Gasteiger partial charge in [-0.3, -0.25) is 4.79 Å². The summed E-state index contributed by atoms with van der Waals surface area (Å²) in [7, 11) is 0. The van der Waals surface area contributed by atoms with Crippen LogP contribution in [-0.4, -0.2) is 44.5 Å². The summed E-state index contributed by atoms with van der Waals surface area (Å²) in [5, 5.41) is 18.0. The van der Waals surface area contributed by atoms with Crippen LogP contribution >= 0.6 is 11.8 Å². The van der Waals surface area contributed by atoms with Gasteiger partial charge in [0.25, 0.3) is 11.1 Å². The Morgan fingerprint density at radius 3 is 3.00 bits per heavy atom. The summed E-state index contributed by atoms with van der Waals surface area (Å²) >= 11 is 1.23. The van der Waals surface area contributed by atoms with Crippen molar-refractivity contribution >= 4 is 17.7 Å². The van der Waals surface area contributed by atoms with Gasteiger partial charge in [-0.1, -0.05) is 23.9 Å². The highest BCUT2D eigenvalue weighted by Crippen LogP contribution is 2.29. The SMILES string of the molecule is C[C@@H]1CCCCN1C(=O)CSc1nnc(-c2ccccc2O)o1. The van der Waals surface area contributed by atoms with Crippen LogP contribution in [0.25, 0.3) is 11.5 Å². The first kappa shape index (κ1) is 15.9. The van der Waals surface area contributed by atoms with Gasteiger partial charge in [-0.15, -0.1) is 10.2 Å². The lowest BCUT2D eigenvalue weighted by Gasteiger charge is -2.33. The average Bonchev–Trinajstić information content (AvgIpc) is 3.02. The molecule has 1 atom stereocenters. The van der Waals surface area contributed by atoms with Gasteiger partial charge in [-0.25, -0.2) is 0 Å². The fourth-order valence-corrected chi connectivity index (χ4v) is 3.36. The lowest BCUT2D eigenvalue weighted by molar-refractivity contribution is -0.131. The van der Waals surface area contributed by atoms with Crippen LogP contribution in [0.15, 0.2) is 33.9 Å². The molecule has 1 fully saturated rings. The largest absolute Gasteiger partial charge is 0.507 e. The fraction of sp³-hybridized carbons (Fsp3) is 0.438. The van der Waals surface area contributed by atoms with Crippen molar-refractivity contribution in [1.82, 2.24) is 15.1 Å². The molecule has 1 aliphatic rings. The van der Waals surface area contributed by atoms with Crippen LogP contribution in [0.3, 0.4) is 0 Å². The molecule has 0 aliphatic carbocycles. The molecule has 0 bridgehead atoms. The van der Waals surface area contributed by atoms with Crippen molar-refractivity contribution in [2.45, 2.75) is 37.5 Å². The highest BCUT2D eigenvalue weighted by atomic mass is 32.2. The summed E-state index contributed by atoms with van der Waals surface area (Å²) < 4.78 is 5.53. The summed E-state index contributed by atoms with van der Waals surface area (Å²) in [5.74, 6) is 0.729. The molecule has 3 rings (SSSR count). The number of carbonyl (C=O) groups is 1. The van der Waals surface area contributed by atoms with E-state index < -0.39 is 0 Å². The summed E-state index contributed by atoms with van der Waals surface area (Å²) in [6.07, 6.45) is 3.32. The zero-order valence-corrected chi connectivity index (χ0v) is 13.8. The number of thioether (sulfide) groups is 1. The van der Waals surface area contributed by atoms with Gasteiger partial charge in [0, 0.05) is 12.6 Å². The number of carbonyl (C=O) groups excluding carboxylic acids is 1. The van der Waals surface area contributed by atoms with Gasteiger partial charge in [0.2, 0.25) is 5.91 Å². The van der Waals surface area contributed by atoms with Crippen LogP contribution in [0.5, 0.6) is 5.75 Å². The standard InChI is InChI=1S/C16H19N3O3S/c1-11-6-4-5-9-19(11)14(21)10-23-16-18-17-15(22-16)12-7-2-3-8-13(12)20/h2-3,7-8,11,20H,4-6,9-10H2,1H3/t11-/m1/s1. The minimum atomic E-state index is 0.0888. The normalized spacial score (nSPS) is 18.1. The molecule has 0 saturated carbocycles. The van der Waals surface area contributed by atoms with E-state index in [1.54, 1.807) is 24.3 Å². The van der Waals surface area contributed by atoms with Gasteiger partial charge < -0.3 is 14.4 Å². The highest BCUT2D eigenvalue weighted by molar-refractivity contribution is 7.99. The van der Waals surface area contributed by atoms with Gasteiger partial charge in [0.1, 0.15) is 5.75 Å². The third-order valence-corrected chi connectivity index (χ3v) is 4.79. The topological polar surface area (TPSA) is 79.5 Å². The third-order valence-electron chi connectivity index (χ3n) is 3.98. The van der Waals surface area contributed by atoms with Gasteiger partial charge in [0.15, 0.2) is 0 Å². The molecule has 1 N–H and O–H groups in total. The van der Waals surface area contributed by atoms with Crippen LogP contribution in [-0.2, 0) is 4.79 Å². The molecule has 2 heterocycles. The third kappa shape index (κ3) is 3.67. The number of hydrogen-bond acceptors (Lipinski definition) is 6. The molecule has 23 heavy (non-hydrogen) atoms. The number of nitrogens with zero attached hydrogens (tertiary/aromatic N) is 3. The second kappa shape index (κ2) is 7.04. The van der Waals surface area contributed by atoms with Gasteiger partial charge in [0.05, 0.1) is 11.3 Å². The molecule has 1 aromatic heterocycles. The van der Waals surface area contributed by atoms with E-state index >= 15 is 0 Å². The zero-order chi connectivity index (χ0) is 16.2. The van der Waals surface area contributed by atoms with Crippen molar-refractivity contribution in [2.24, 2.45) is 0 Å². The zero-order valence-electron chi connectivity index (χ0n) is 12.9. The van der Waals surface area contributed by atoms with E-state index in [0.717, 1.165) is 19.4 Å². The highest BCUT2D eigenvalue weighted by Gasteiger charge is 2.23. The van der Waals surface area contributed by atoms with Crippen molar-refractivity contribution in [2.75, 3.05) is 12.3 Å². The summed E-state index contributed by atoms with van der Waals surface area (Å²) in [6.45, 7) is 2.91. The molecule has 1 aromatic carbocycles. The predicted molar refractivity (Wildman–Crippen MR) is 87.1 cm³/mol. The lowest BCUT2D eigenvalue weighted by Crippen LogP contribution is -2.42. The number of phenols is 1. The smallest absolute Gasteiger partial charge is 0.277 e. The first-order valence-electron chi connectivity index (χ1n) is 7.69. The molecular formula is C16H19N3O3S. The quantitative estimate of drug-likeness (QED) is 0.867. The molecule has 7 heteroatoms. The number of phenolic OH excluding ortho intramolecular Hbond substituents is 1. The van der Waals surface area contributed by atoms with E-state index in [0.29, 0.717) is 16.8 Å². The molecule has 1 saturated heterocycles. The fourth-order valence-electron chi connectivity index (χ4n) is 2.71. The van der Waals surface area contributed by atoms with Crippen LogP contribution in [0.1, 0.15) is 26.2 Å². The number of benzene rings is 1. The van der Waals surface area contributed by atoms with Gasteiger partial charge >= 0.3 is 0 Å². The van der Waals surface area contributed by atoms with E-state index in [1.807, 2.05) is 4.90 Å². The van der Waals surface area contributed by atoms with E-state index in [2.05, 4.69) is 17.1 Å². The maximum absolute atomic E-state index is 12.3. The van der Waals surface area contributed by atoms with E-state index in [9.17, 15) is 9.90 Å². The maximum Gasteiger partial charge on any atom is 0.277 e. The second-order valence-corrected chi connectivity index (χ2v) is 6.54. The van der Waals surface area contributed by atoms with Crippen LogP contribution in [0, 0.1) is 0 Å². The number of amides is 1. The first-order valence-corrected chi connectivity index (χ1v) is 8.68. The Morgan fingerprint density at radius 1 is 1.39 bits per heavy atom. The van der Waals surface area contributed by atoms with E-state index in [1.165, 1.54) is 18.2 Å². The first-order chi connectivity index (χ1) is 11.1.